The average Bonchev–Trinajstić information content (AvgIpc) is 2.83. The van der Waals surface area contributed by atoms with Crippen LogP contribution >= 0.6 is 24.0 Å². The fraction of sp³-hybridized carbons (Fsp3) is 0.294. The van der Waals surface area contributed by atoms with Gasteiger partial charge in [-0.2, -0.15) is 0 Å². The van der Waals surface area contributed by atoms with E-state index in [1.165, 1.54) is 4.90 Å². The number of carbonyl (C=O) groups is 3. The van der Waals surface area contributed by atoms with E-state index in [1.54, 1.807) is 37.3 Å². The molecule has 0 saturated carbocycles. The standard InChI is InChI=1S/C17H17NO4S2/c1-3-10(2)14(16(21)22)18-15(20)13(24-17(18)23)8-11-4-6-12(9-19)7-5-11/h4-10,14H,3H2,1-2H3,(H,21,22)/b13-8-/t10-,14+/m1/s1. The molecule has 1 aliphatic heterocycles. The molecule has 126 valence electrons. The molecule has 0 spiro atoms. The van der Waals surface area contributed by atoms with E-state index in [-0.39, 0.29) is 10.2 Å². The Morgan fingerprint density at radius 1 is 1.33 bits per heavy atom. The van der Waals surface area contributed by atoms with Crippen molar-refractivity contribution >= 4 is 52.5 Å². The topological polar surface area (TPSA) is 74.7 Å². The van der Waals surface area contributed by atoms with Gasteiger partial charge < -0.3 is 5.11 Å². The number of aldehydes is 1. The van der Waals surface area contributed by atoms with Crippen molar-refractivity contribution in [2.45, 2.75) is 26.3 Å². The molecule has 2 atom stereocenters. The van der Waals surface area contributed by atoms with Crippen LogP contribution in [0.4, 0.5) is 0 Å². The maximum atomic E-state index is 12.6. The van der Waals surface area contributed by atoms with Crippen molar-refractivity contribution in [2.24, 2.45) is 5.92 Å². The molecule has 7 heteroatoms. The summed E-state index contributed by atoms with van der Waals surface area (Å²) in [5, 5.41) is 9.49. The molecule has 1 aromatic rings. The lowest BCUT2D eigenvalue weighted by atomic mass is 9.98. The van der Waals surface area contributed by atoms with Crippen LogP contribution in [0, 0.1) is 5.92 Å². The van der Waals surface area contributed by atoms with Gasteiger partial charge in [0.1, 0.15) is 16.6 Å². The van der Waals surface area contributed by atoms with Crippen LogP contribution in [0.2, 0.25) is 0 Å². The molecule has 5 nitrogen and oxygen atoms in total. The van der Waals surface area contributed by atoms with Crippen molar-refractivity contribution < 1.29 is 19.5 Å². The van der Waals surface area contributed by atoms with Crippen molar-refractivity contribution in [1.29, 1.82) is 0 Å². The van der Waals surface area contributed by atoms with Gasteiger partial charge in [-0.3, -0.25) is 14.5 Å². The van der Waals surface area contributed by atoms with Gasteiger partial charge in [0.25, 0.3) is 5.91 Å². The van der Waals surface area contributed by atoms with Gasteiger partial charge in [-0.1, -0.05) is 68.5 Å². The van der Waals surface area contributed by atoms with Gasteiger partial charge >= 0.3 is 5.97 Å². The van der Waals surface area contributed by atoms with Crippen LogP contribution in [-0.4, -0.2) is 38.5 Å². The number of rotatable bonds is 6. The predicted octanol–water partition coefficient (Wildman–Crippen LogP) is 3.20. The van der Waals surface area contributed by atoms with Crippen molar-refractivity contribution in [2.75, 3.05) is 0 Å². The summed E-state index contributed by atoms with van der Waals surface area (Å²) in [6, 6.07) is 5.78. The number of benzene rings is 1. The SMILES string of the molecule is CC[C@@H](C)[C@@H](C(=O)O)N1C(=O)/C(=C/c2ccc(C=O)cc2)SC1=S. The largest absolute Gasteiger partial charge is 0.480 e. The second-order valence-electron chi connectivity index (χ2n) is 5.50. The molecule has 1 amide bonds. The maximum absolute atomic E-state index is 12.6. The van der Waals surface area contributed by atoms with E-state index in [2.05, 4.69) is 0 Å². The molecule has 0 unspecified atom stereocenters. The van der Waals surface area contributed by atoms with Gasteiger partial charge in [-0.15, -0.1) is 0 Å². The highest BCUT2D eigenvalue weighted by molar-refractivity contribution is 8.26. The van der Waals surface area contributed by atoms with Gasteiger partial charge in [0, 0.05) is 5.56 Å². The summed E-state index contributed by atoms with van der Waals surface area (Å²) in [5.74, 6) is -1.66. The fourth-order valence-corrected chi connectivity index (χ4v) is 3.70. The molecule has 0 radical (unpaired) electrons. The molecule has 1 heterocycles. The normalized spacial score (nSPS) is 18.8. The number of aliphatic carboxylic acids is 1. The molecular weight excluding hydrogens is 346 g/mol. The molecule has 1 N–H and O–H groups in total. The highest BCUT2D eigenvalue weighted by Gasteiger charge is 2.42. The highest BCUT2D eigenvalue weighted by Crippen LogP contribution is 2.35. The summed E-state index contributed by atoms with van der Waals surface area (Å²) in [5.41, 5.74) is 1.29. The van der Waals surface area contributed by atoms with E-state index < -0.39 is 17.9 Å². The van der Waals surface area contributed by atoms with Crippen LogP contribution in [0.15, 0.2) is 29.2 Å². The minimum absolute atomic E-state index is 0.212. The molecule has 1 fully saturated rings. The zero-order chi connectivity index (χ0) is 17.9. The van der Waals surface area contributed by atoms with E-state index in [1.807, 2.05) is 6.92 Å². The first-order chi connectivity index (χ1) is 11.4. The number of carbonyl (C=O) groups excluding carboxylic acids is 2. The van der Waals surface area contributed by atoms with Crippen LogP contribution in [-0.2, 0) is 9.59 Å². The fourth-order valence-electron chi connectivity index (χ4n) is 2.37. The number of amides is 1. The Kier molecular flexibility index (Phi) is 5.90. The lowest BCUT2D eigenvalue weighted by Gasteiger charge is -2.27. The molecule has 24 heavy (non-hydrogen) atoms. The summed E-state index contributed by atoms with van der Waals surface area (Å²) in [7, 11) is 0. The third kappa shape index (κ3) is 3.73. The predicted molar refractivity (Wildman–Crippen MR) is 97.7 cm³/mol. The molecule has 1 aliphatic rings. The second kappa shape index (κ2) is 7.72. The first-order valence-corrected chi connectivity index (χ1v) is 8.66. The smallest absolute Gasteiger partial charge is 0.327 e. The van der Waals surface area contributed by atoms with Gasteiger partial charge in [0.15, 0.2) is 0 Å². The Balaban J connectivity index is 2.31. The van der Waals surface area contributed by atoms with Gasteiger partial charge in [0.05, 0.1) is 4.91 Å². The zero-order valence-corrected chi connectivity index (χ0v) is 14.9. The Morgan fingerprint density at radius 3 is 2.42 bits per heavy atom. The van der Waals surface area contributed by atoms with E-state index >= 15 is 0 Å². The number of thioether (sulfide) groups is 1. The third-order valence-corrected chi connectivity index (χ3v) is 5.24. The van der Waals surface area contributed by atoms with Gasteiger partial charge in [0.2, 0.25) is 0 Å². The number of hydrogen-bond donors (Lipinski definition) is 1. The van der Waals surface area contributed by atoms with E-state index in [4.69, 9.17) is 12.2 Å². The number of thiocarbonyl (C=S) groups is 1. The molecular formula is C17H17NO4S2. The minimum atomic E-state index is -1.06. The molecule has 0 bridgehead atoms. The van der Waals surface area contributed by atoms with Crippen LogP contribution in [0.1, 0.15) is 36.2 Å². The van der Waals surface area contributed by atoms with Crippen LogP contribution < -0.4 is 0 Å². The summed E-state index contributed by atoms with van der Waals surface area (Å²) >= 11 is 6.33. The van der Waals surface area contributed by atoms with E-state index in [9.17, 15) is 19.5 Å². The Hall–Kier alpha value is -1.99. The van der Waals surface area contributed by atoms with Gasteiger partial charge in [-0.05, 0) is 17.6 Å². The quantitative estimate of drug-likeness (QED) is 0.475. The van der Waals surface area contributed by atoms with Crippen molar-refractivity contribution in [3.8, 4) is 0 Å². The van der Waals surface area contributed by atoms with E-state index in [0.717, 1.165) is 23.6 Å². The molecule has 1 aromatic carbocycles. The average molecular weight is 363 g/mol. The van der Waals surface area contributed by atoms with Crippen molar-refractivity contribution in [3.63, 3.8) is 0 Å². The maximum Gasteiger partial charge on any atom is 0.327 e. The summed E-state index contributed by atoms with van der Waals surface area (Å²) in [4.78, 5) is 36.5. The Morgan fingerprint density at radius 2 is 1.92 bits per heavy atom. The second-order valence-corrected chi connectivity index (χ2v) is 7.18. The number of carboxylic acid groups (broad SMARTS) is 1. The van der Waals surface area contributed by atoms with Crippen molar-refractivity contribution in [3.05, 3.63) is 40.3 Å². The Labute approximate surface area is 149 Å². The van der Waals surface area contributed by atoms with Crippen LogP contribution in [0.5, 0.6) is 0 Å². The summed E-state index contributed by atoms with van der Waals surface area (Å²) < 4.78 is 0.253. The minimum Gasteiger partial charge on any atom is -0.480 e. The van der Waals surface area contributed by atoms with Crippen LogP contribution in [0.3, 0.4) is 0 Å². The van der Waals surface area contributed by atoms with Gasteiger partial charge in [-0.25, -0.2) is 4.79 Å². The summed E-state index contributed by atoms with van der Waals surface area (Å²) in [6.07, 6.45) is 3.02. The molecule has 0 aromatic heterocycles. The third-order valence-electron chi connectivity index (χ3n) is 3.91. The molecule has 0 aliphatic carbocycles. The number of nitrogens with zero attached hydrogens (tertiary/aromatic N) is 1. The summed E-state index contributed by atoms with van der Waals surface area (Å²) in [6.45, 7) is 3.67. The molecule has 1 saturated heterocycles. The lowest BCUT2D eigenvalue weighted by Crippen LogP contribution is -2.47. The first kappa shape index (κ1) is 18.4. The zero-order valence-electron chi connectivity index (χ0n) is 13.3. The molecule has 2 rings (SSSR count). The number of hydrogen-bond acceptors (Lipinski definition) is 5. The van der Waals surface area contributed by atoms with Crippen LogP contribution in [0.25, 0.3) is 6.08 Å². The highest BCUT2D eigenvalue weighted by atomic mass is 32.2. The van der Waals surface area contributed by atoms with E-state index in [0.29, 0.717) is 16.9 Å². The Bertz CT molecular complexity index is 712. The van der Waals surface area contributed by atoms with Crippen molar-refractivity contribution in [1.82, 2.24) is 4.90 Å². The monoisotopic (exact) mass is 363 g/mol. The first-order valence-electron chi connectivity index (χ1n) is 7.44. The lowest BCUT2D eigenvalue weighted by molar-refractivity contribution is -0.147. The number of carboxylic acids is 1.